The second-order valence-electron chi connectivity index (χ2n) is 13.2. The first-order valence-corrected chi connectivity index (χ1v) is 16.5. The Morgan fingerprint density at radius 1 is 0.837 bits per heavy atom. The molecule has 6 rings (SSSR count). The predicted octanol–water partition coefficient (Wildman–Crippen LogP) is 4.44. The number of benzene rings is 1. The number of carbonyl (C=O) groups excluding carboxylic acids is 4. The standard InChI is InChI=1S/C33H46N4O6/c38-30-29-19-26(43-33(41)36-17-16-22-10-6-7-12-24(22)20-36)21-37(29)31(39)27(35-32(40)42-25-13-8-9-14-25)15-5-3-1-2-4-11-23-18-28(23)34-30/h6-7,10,12,23,25-29H,1-5,8-9,11,13-21H2,(H,34,38)(H,35,40)/t23-,26-,27+,28-,29+/m1/s1. The molecule has 5 atom stereocenters. The largest absolute Gasteiger partial charge is 0.446 e. The molecule has 1 aromatic rings. The first-order chi connectivity index (χ1) is 20.9. The van der Waals surface area contributed by atoms with Crippen molar-refractivity contribution < 1.29 is 28.7 Å². The van der Waals surface area contributed by atoms with Crippen LogP contribution in [0.25, 0.3) is 0 Å². The van der Waals surface area contributed by atoms with Crippen molar-refractivity contribution in [3.8, 4) is 0 Å². The Kier molecular flexibility index (Phi) is 9.38. The third-order valence-corrected chi connectivity index (χ3v) is 9.99. The zero-order valence-corrected chi connectivity index (χ0v) is 25.1. The van der Waals surface area contributed by atoms with Crippen LogP contribution in [0.15, 0.2) is 24.3 Å². The summed E-state index contributed by atoms with van der Waals surface area (Å²) < 4.78 is 11.6. The Labute approximate surface area is 254 Å². The molecule has 5 aliphatic rings. The van der Waals surface area contributed by atoms with Crippen LogP contribution in [0.2, 0.25) is 0 Å². The maximum atomic E-state index is 14.1. The van der Waals surface area contributed by atoms with Gasteiger partial charge in [0.25, 0.3) is 0 Å². The summed E-state index contributed by atoms with van der Waals surface area (Å²) in [5.74, 6) is -0.0142. The molecule has 234 valence electrons. The Bertz CT molecular complexity index is 1190. The van der Waals surface area contributed by atoms with E-state index in [-0.39, 0.29) is 36.9 Å². The van der Waals surface area contributed by atoms with Crippen LogP contribution in [0.5, 0.6) is 0 Å². The highest BCUT2D eigenvalue weighted by Gasteiger charge is 2.46. The average molecular weight is 595 g/mol. The summed E-state index contributed by atoms with van der Waals surface area (Å²) in [6.45, 7) is 1.16. The van der Waals surface area contributed by atoms with E-state index in [1.165, 1.54) is 10.5 Å². The van der Waals surface area contributed by atoms with Gasteiger partial charge in [0.05, 0.1) is 6.54 Å². The SMILES string of the molecule is O=C(N[C@H]1CCCCCCC[C@@H]2C[C@H]2NC(=O)[C@@H]2C[C@@H](OC(=O)N3CCc4ccccc4C3)CN2C1=O)OC1CCCC1. The summed E-state index contributed by atoms with van der Waals surface area (Å²) in [7, 11) is 0. The number of nitrogens with zero attached hydrogens (tertiary/aromatic N) is 2. The van der Waals surface area contributed by atoms with Crippen LogP contribution in [-0.2, 0) is 32.0 Å². The molecule has 0 bridgehead atoms. The van der Waals surface area contributed by atoms with Gasteiger partial charge in [0.1, 0.15) is 24.3 Å². The van der Waals surface area contributed by atoms with Crippen LogP contribution in [0.3, 0.4) is 0 Å². The van der Waals surface area contributed by atoms with Crippen LogP contribution in [-0.4, -0.2) is 77.2 Å². The van der Waals surface area contributed by atoms with Gasteiger partial charge in [-0.15, -0.1) is 0 Å². The highest BCUT2D eigenvalue weighted by atomic mass is 16.6. The van der Waals surface area contributed by atoms with Gasteiger partial charge in [-0.05, 0) is 68.4 Å². The van der Waals surface area contributed by atoms with E-state index in [0.29, 0.717) is 25.4 Å². The minimum Gasteiger partial charge on any atom is -0.446 e. The van der Waals surface area contributed by atoms with Crippen LogP contribution >= 0.6 is 0 Å². The average Bonchev–Trinajstić information content (AvgIpc) is 3.33. The molecule has 4 fully saturated rings. The van der Waals surface area contributed by atoms with Gasteiger partial charge in [0, 0.05) is 25.6 Å². The number of carbonyl (C=O) groups is 4. The second kappa shape index (κ2) is 13.6. The number of rotatable bonds is 3. The zero-order chi connectivity index (χ0) is 29.8. The minimum absolute atomic E-state index is 0.111. The van der Waals surface area contributed by atoms with Gasteiger partial charge in [0.2, 0.25) is 11.8 Å². The summed E-state index contributed by atoms with van der Waals surface area (Å²) in [5.41, 5.74) is 2.35. The fourth-order valence-electron chi connectivity index (χ4n) is 7.34. The van der Waals surface area contributed by atoms with Crippen molar-refractivity contribution in [3.05, 3.63) is 35.4 Å². The van der Waals surface area contributed by atoms with Crippen molar-refractivity contribution >= 4 is 24.0 Å². The first-order valence-electron chi connectivity index (χ1n) is 16.5. The molecule has 2 saturated heterocycles. The molecule has 0 spiro atoms. The van der Waals surface area contributed by atoms with Crippen molar-refractivity contribution in [1.29, 1.82) is 0 Å². The molecule has 10 heteroatoms. The van der Waals surface area contributed by atoms with Crippen LogP contribution in [0, 0.1) is 5.92 Å². The maximum absolute atomic E-state index is 14.1. The van der Waals surface area contributed by atoms with E-state index in [0.717, 1.165) is 82.6 Å². The van der Waals surface area contributed by atoms with Gasteiger partial charge < -0.3 is 29.9 Å². The molecular weight excluding hydrogens is 548 g/mol. The van der Waals surface area contributed by atoms with Crippen LogP contribution < -0.4 is 10.6 Å². The first kappa shape index (κ1) is 29.8. The zero-order valence-electron chi connectivity index (χ0n) is 25.1. The highest BCUT2D eigenvalue weighted by Crippen LogP contribution is 2.36. The lowest BCUT2D eigenvalue weighted by atomic mass is 10.0. The Hall–Kier alpha value is -3.30. The number of alkyl carbamates (subject to hydrolysis) is 1. The van der Waals surface area contributed by atoms with Crippen molar-refractivity contribution in [1.82, 2.24) is 20.4 Å². The van der Waals surface area contributed by atoms with E-state index in [1.807, 2.05) is 18.2 Å². The number of hydrogen-bond donors (Lipinski definition) is 2. The number of nitrogens with one attached hydrogen (secondary N) is 2. The number of hydrogen-bond acceptors (Lipinski definition) is 6. The van der Waals surface area contributed by atoms with E-state index in [4.69, 9.17) is 9.47 Å². The van der Waals surface area contributed by atoms with Gasteiger partial charge in [-0.3, -0.25) is 9.59 Å². The summed E-state index contributed by atoms with van der Waals surface area (Å²) in [6.07, 6.45) is 10.8. The number of ether oxygens (including phenoxy) is 2. The predicted molar refractivity (Wildman–Crippen MR) is 159 cm³/mol. The molecule has 10 nitrogen and oxygen atoms in total. The van der Waals surface area contributed by atoms with E-state index in [1.54, 1.807) is 4.90 Å². The van der Waals surface area contributed by atoms with Crippen molar-refractivity contribution in [2.75, 3.05) is 13.1 Å². The van der Waals surface area contributed by atoms with Gasteiger partial charge in [-0.1, -0.05) is 56.4 Å². The van der Waals surface area contributed by atoms with Gasteiger partial charge in [-0.2, -0.15) is 0 Å². The van der Waals surface area contributed by atoms with E-state index in [2.05, 4.69) is 16.7 Å². The molecule has 43 heavy (non-hydrogen) atoms. The third-order valence-electron chi connectivity index (χ3n) is 9.99. The van der Waals surface area contributed by atoms with E-state index < -0.39 is 30.4 Å². The molecule has 0 aromatic heterocycles. The lowest BCUT2D eigenvalue weighted by Gasteiger charge is -2.29. The maximum Gasteiger partial charge on any atom is 0.410 e. The molecule has 2 aliphatic carbocycles. The molecule has 2 saturated carbocycles. The normalized spacial score (nSPS) is 30.2. The van der Waals surface area contributed by atoms with Crippen LogP contribution in [0.1, 0.15) is 94.6 Å². The van der Waals surface area contributed by atoms with Crippen molar-refractivity contribution in [2.24, 2.45) is 5.92 Å². The Balaban J connectivity index is 1.15. The van der Waals surface area contributed by atoms with E-state index in [9.17, 15) is 19.2 Å². The summed E-state index contributed by atoms with van der Waals surface area (Å²) in [5, 5.41) is 6.02. The van der Waals surface area contributed by atoms with Gasteiger partial charge in [0.15, 0.2) is 0 Å². The molecular formula is C33H46N4O6. The molecule has 1 aromatic carbocycles. The van der Waals surface area contributed by atoms with Crippen LogP contribution in [0.4, 0.5) is 9.59 Å². The van der Waals surface area contributed by atoms with Crippen molar-refractivity contribution in [2.45, 2.75) is 127 Å². The fraction of sp³-hybridized carbons (Fsp3) is 0.697. The molecule has 3 aliphatic heterocycles. The molecule has 3 heterocycles. The summed E-state index contributed by atoms with van der Waals surface area (Å²) in [4.78, 5) is 57.0. The highest BCUT2D eigenvalue weighted by molar-refractivity contribution is 5.92. The van der Waals surface area contributed by atoms with E-state index >= 15 is 0 Å². The quantitative estimate of drug-likeness (QED) is 0.535. The Morgan fingerprint density at radius 3 is 2.37 bits per heavy atom. The summed E-state index contributed by atoms with van der Waals surface area (Å²) in [6, 6.07) is 6.68. The number of fused-ring (bicyclic) bond motifs is 3. The topological polar surface area (TPSA) is 117 Å². The number of amides is 4. The summed E-state index contributed by atoms with van der Waals surface area (Å²) >= 11 is 0. The van der Waals surface area contributed by atoms with Crippen molar-refractivity contribution in [3.63, 3.8) is 0 Å². The van der Waals surface area contributed by atoms with Gasteiger partial charge in [-0.25, -0.2) is 9.59 Å². The molecule has 4 amide bonds. The monoisotopic (exact) mass is 594 g/mol. The second-order valence-corrected chi connectivity index (χ2v) is 13.2. The molecule has 0 radical (unpaired) electrons. The minimum atomic E-state index is -0.795. The third kappa shape index (κ3) is 7.44. The Morgan fingerprint density at radius 2 is 1.56 bits per heavy atom. The smallest absolute Gasteiger partial charge is 0.410 e. The molecule has 2 N–H and O–H groups in total. The lowest BCUT2D eigenvalue weighted by molar-refractivity contribution is -0.140. The molecule has 0 unspecified atom stereocenters. The van der Waals surface area contributed by atoms with Gasteiger partial charge >= 0.3 is 12.2 Å². The fourth-order valence-corrected chi connectivity index (χ4v) is 7.34. The lowest BCUT2D eigenvalue weighted by Crippen LogP contribution is -2.54.